The predicted octanol–water partition coefficient (Wildman–Crippen LogP) is 1.08. The van der Waals surface area contributed by atoms with Gasteiger partial charge < -0.3 is 20.5 Å². The molecule has 3 rings (SSSR count). The number of morpholine rings is 1. The highest BCUT2D eigenvalue weighted by atomic mass is 32.2. The summed E-state index contributed by atoms with van der Waals surface area (Å²) in [6, 6.07) is 3.67. The Morgan fingerprint density at radius 1 is 1.25 bits per heavy atom. The van der Waals surface area contributed by atoms with Crippen molar-refractivity contribution in [3.8, 4) is 5.75 Å². The fourth-order valence-electron chi connectivity index (χ4n) is 2.48. The Bertz CT molecular complexity index is 998. The molecule has 0 radical (unpaired) electrons. The number of ether oxygens (including phenoxy) is 1. The van der Waals surface area contributed by atoms with Gasteiger partial charge in [0.05, 0.1) is 23.8 Å². The van der Waals surface area contributed by atoms with Gasteiger partial charge in [0.1, 0.15) is 11.4 Å². The maximum atomic E-state index is 12.7. The van der Waals surface area contributed by atoms with E-state index in [-0.39, 0.29) is 46.2 Å². The number of nitrogens with one attached hydrogen (secondary N) is 2. The topological polar surface area (TPSA) is 138 Å². The first-order chi connectivity index (χ1) is 13.3. The number of benzene rings is 1. The van der Waals surface area contributed by atoms with Gasteiger partial charge in [0, 0.05) is 25.4 Å². The molecule has 10 nitrogen and oxygen atoms in total. The van der Waals surface area contributed by atoms with E-state index < -0.39 is 15.9 Å². The van der Waals surface area contributed by atoms with Gasteiger partial charge in [0.15, 0.2) is 5.13 Å². The fourth-order valence-corrected chi connectivity index (χ4v) is 4.66. The number of carbonyl (C=O) groups excluding carboxylic acids is 2. The van der Waals surface area contributed by atoms with Crippen molar-refractivity contribution in [3.05, 3.63) is 29.3 Å². The molecule has 150 valence electrons. The lowest BCUT2D eigenvalue weighted by atomic mass is 10.3. The van der Waals surface area contributed by atoms with E-state index in [1.807, 2.05) is 0 Å². The summed E-state index contributed by atoms with van der Waals surface area (Å²) in [4.78, 5) is 27.3. The van der Waals surface area contributed by atoms with Crippen LogP contribution < -0.4 is 10.6 Å². The molecule has 0 aliphatic carbocycles. The molecule has 3 N–H and O–H groups in total. The van der Waals surface area contributed by atoms with E-state index in [1.54, 1.807) is 0 Å². The summed E-state index contributed by atoms with van der Waals surface area (Å²) < 4.78 is 31.9. The SMILES string of the molecule is CC(=O)Nc1nc(C(=O)Nc2cc(S(=O)(=O)N3CCOCC3)ccc2O)cs1. The number of rotatable bonds is 5. The van der Waals surface area contributed by atoms with E-state index in [9.17, 15) is 23.1 Å². The van der Waals surface area contributed by atoms with Crippen LogP contribution in [0, 0.1) is 0 Å². The highest BCUT2D eigenvalue weighted by Crippen LogP contribution is 2.29. The standard InChI is InChI=1S/C16H18N4O6S2/c1-10(21)17-16-19-13(9-27-16)15(23)18-12-8-11(2-3-14(12)22)28(24,25)20-4-6-26-7-5-20/h2-3,8-9,22H,4-7H2,1H3,(H,18,23)(H,17,19,21). The Balaban J connectivity index is 1.80. The van der Waals surface area contributed by atoms with E-state index >= 15 is 0 Å². The minimum atomic E-state index is -3.78. The quantitative estimate of drug-likeness (QED) is 0.608. The van der Waals surface area contributed by atoms with Crippen LogP contribution in [0.15, 0.2) is 28.5 Å². The molecule has 2 aromatic rings. The van der Waals surface area contributed by atoms with Crippen molar-refractivity contribution in [1.29, 1.82) is 0 Å². The second kappa shape index (κ2) is 8.22. The Morgan fingerprint density at radius 2 is 1.96 bits per heavy atom. The maximum Gasteiger partial charge on any atom is 0.275 e. The van der Waals surface area contributed by atoms with Gasteiger partial charge in [-0.15, -0.1) is 11.3 Å². The van der Waals surface area contributed by atoms with Crippen LogP contribution in [0.1, 0.15) is 17.4 Å². The predicted molar refractivity (Wildman–Crippen MR) is 102 cm³/mol. The summed E-state index contributed by atoms with van der Waals surface area (Å²) in [7, 11) is -3.78. The zero-order chi connectivity index (χ0) is 20.3. The third-order valence-corrected chi connectivity index (χ3v) is 6.50. The third kappa shape index (κ3) is 4.47. The first kappa shape index (κ1) is 20.2. The molecule has 1 aliphatic rings. The summed E-state index contributed by atoms with van der Waals surface area (Å²) in [6.45, 7) is 2.40. The second-order valence-corrected chi connectivity index (χ2v) is 8.66. The number of anilines is 2. The van der Waals surface area contributed by atoms with Gasteiger partial charge in [-0.3, -0.25) is 9.59 Å². The monoisotopic (exact) mass is 426 g/mol. The van der Waals surface area contributed by atoms with Gasteiger partial charge in [0.2, 0.25) is 15.9 Å². The van der Waals surface area contributed by atoms with Crippen LogP contribution in [-0.2, 0) is 19.6 Å². The van der Waals surface area contributed by atoms with Gasteiger partial charge in [-0.05, 0) is 18.2 Å². The van der Waals surface area contributed by atoms with Crippen molar-refractivity contribution in [2.75, 3.05) is 36.9 Å². The smallest absolute Gasteiger partial charge is 0.275 e. The van der Waals surface area contributed by atoms with Crippen LogP contribution in [0.3, 0.4) is 0 Å². The van der Waals surface area contributed by atoms with E-state index in [0.29, 0.717) is 13.2 Å². The zero-order valence-corrected chi connectivity index (χ0v) is 16.5. The van der Waals surface area contributed by atoms with Crippen molar-refractivity contribution in [2.24, 2.45) is 0 Å². The normalized spacial score (nSPS) is 15.2. The van der Waals surface area contributed by atoms with Crippen molar-refractivity contribution in [2.45, 2.75) is 11.8 Å². The molecule has 0 saturated carbocycles. The number of aromatic nitrogens is 1. The molecule has 0 spiro atoms. The maximum absolute atomic E-state index is 12.7. The number of nitrogens with zero attached hydrogens (tertiary/aromatic N) is 2. The van der Waals surface area contributed by atoms with E-state index in [1.165, 1.54) is 34.8 Å². The first-order valence-corrected chi connectivity index (χ1v) is 10.5. The average molecular weight is 426 g/mol. The Kier molecular flexibility index (Phi) is 5.93. The van der Waals surface area contributed by atoms with Crippen LogP contribution in [-0.4, -0.2) is 60.9 Å². The molecule has 2 heterocycles. The fraction of sp³-hybridized carbons (Fsp3) is 0.312. The van der Waals surface area contributed by atoms with Gasteiger partial charge in [-0.1, -0.05) is 0 Å². The summed E-state index contributed by atoms with van der Waals surface area (Å²) >= 11 is 1.07. The molecule has 1 aromatic heterocycles. The van der Waals surface area contributed by atoms with Crippen molar-refractivity contribution in [1.82, 2.24) is 9.29 Å². The van der Waals surface area contributed by atoms with Gasteiger partial charge in [-0.25, -0.2) is 13.4 Å². The Hall–Kier alpha value is -2.54. The lowest BCUT2D eigenvalue weighted by Gasteiger charge is -2.26. The molecule has 0 atom stereocenters. The Labute approximate surface area is 165 Å². The highest BCUT2D eigenvalue weighted by Gasteiger charge is 2.27. The second-order valence-electron chi connectivity index (χ2n) is 5.87. The molecule has 1 saturated heterocycles. The molecule has 28 heavy (non-hydrogen) atoms. The lowest BCUT2D eigenvalue weighted by molar-refractivity contribution is -0.114. The van der Waals surface area contributed by atoms with Crippen molar-refractivity contribution in [3.63, 3.8) is 0 Å². The number of aromatic hydroxyl groups is 1. The van der Waals surface area contributed by atoms with Crippen molar-refractivity contribution < 1.29 is 27.9 Å². The minimum Gasteiger partial charge on any atom is -0.506 e. The number of carbonyl (C=O) groups is 2. The first-order valence-electron chi connectivity index (χ1n) is 8.23. The van der Waals surface area contributed by atoms with Gasteiger partial charge in [-0.2, -0.15) is 4.31 Å². The highest BCUT2D eigenvalue weighted by molar-refractivity contribution is 7.89. The molecule has 2 amide bonds. The summed E-state index contributed by atoms with van der Waals surface area (Å²) in [6.07, 6.45) is 0. The number of phenolic OH excluding ortho intramolecular Hbond substituents is 1. The van der Waals surface area contributed by atoms with Crippen LogP contribution >= 0.6 is 11.3 Å². The molecule has 12 heteroatoms. The third-order valence-electron chi connectivity index (χ3n) is 3.84. The number of thiazole rings is 1. The number of amides is 2. The van der Waals surface area contributed by atoms with E-state index in [2.05, 4.69) is 15.6 Å². The minimum absolute atomic E-state index is 0.0228. The lowest BCUT2D eigenvalue weighted by Crippen LogP contribution is -2.40. The number of sulfonamides is 1. The summed E-state index contributed by atoms with van der Waals surface area (Å²) in [5.41, 5.74) is -0.0389. The van der Waals surface area contributed by atoms with E-state index in [0.717, 1.165) is 11.3 Å². The zero-order valence-electron chi connectivity index (χ0n) is 14.8. The molecule has 0 bridgehead atoms. The molecular weight excluding hydrogens is 408 g/mol. The van der Waals surface area contributed by atoms with E-state index in [4.69, 9.17) is 4.74 Å². The van der Waals surface area contributed by atoms with Crippen LogP contribution in [0.25, 0.3) is 0 Å². The Morgan fingerprint density at radius 3 is 2.64 bits per heavy atom. The number of phenols is 1. The molecule has 1 aromatic carbocycles. The van der Waals surface area contributed by atoms with Gasteiger partial charge in [0.25, 0.3) is 5.91 Å². The molecule has 1 fully saturated rings. The molecule has 1 aliphatic heterocycles. The van der Waals surface area contributed by atoms with Crippen LogP contribution in [0.5, 0.6) is 5.75 Å². The largest absolute Gasteiger partial charge is 0.506 e. The molecule has 0 unspecified atom stereocenters. The summed E-state index contributed by atoms with van der Waals surface area (Å²) in [5, 5.41) is 16.6. The number of hydrogen-bond acceptors (Lipinski definition) is 8. The van der Waals surface area contributed by atoms with Gasteiger partial charge >= 0.3 is 0 Å². The van der Waals surface area contributed by atoms with Crippen molar-refractivity contribution >= 4 is 44.0 Å². The average Bonchev–Trinajstić information content (AvgIpc) is 3.12. The van der Waals surface area contributed by atoms with Crippen LogP contribution in [0.2, 0.25) is 0 Å². The number of hydrogen-bond donors (Lipinski definition) is 3. The van der Waals surface area contributed by atoms with Crippen LogP contribution in [0.4, 0.5) is 10.8 Å². The summed E-state index contributed by atoms with van der Waals surface area (Å²) in [5.74, 6) is -1.25. The molecular formula is C16H18N4O6S2.